The Morgan fingerprint density at radius 2 is 2.11 bits per heavy atom. The van der Waals surface area contributed by atoms with Crippen molar-refractivity contribution in [3.63, 3.8) is 0 Å². The average molecular weight is 288 g/mol. The smallest absolute Gasteiger partial charge is 0.0848 e. The summed E-state index contributed by atoms with van der Waals surface area (Å²) in [7, 11) is 0. The molecule has 19 heavy (non-hydrogen) atoms. The van der Waals surface area contributed by atoms with Crippen LogP contribution in [-0.4, -0.2) is 33.1 Å². The molecule has 0 spiro atoms. The van der Waals surface area contributed by atoms with Crippen molar-refractivity contribution >= 4 is 11.6 Å². The van der Waals surface area contributed by atoms with Crippen LogP contribution in [0.1, 0.15) is 45.5 Å². The average Bonchev–Trinajstić information content (AvgIpc) is 2.55. The summed E-state index contributed by atoms with van der Waals surface area (Å²) in [6.45, 7) is 11.5. The lowest BCUT2D eigenvalue weighted by molar-refractivity contribution is 0.0490. The second-order valence-corrected chi connectivity index (χ2v) is 6.07. The van der Waals surface area contributed by atoms with Crippen LogP contribution in [0.5, 0.6) is 0 Å². The molecule has 1 rings (SSSR count). The second-order valence-electron chi connectivity index (χ2n) is 5.69. The minimum atomic E-state index is -0.773. The van der Waals surface area contributed by atoms with Gasteiger partial charge in [-0.25, -0.2) is 0 Å². The minimum absolute atomic E-state index is 0.433. The molecule has 0 saturated carbocycles. The van der Waals surface area contributed by atoms with E-state index >= 15 is 0 Å². The molecule has 0 aliphatic heterocycles. The van der Waals surface area contributed by atoms with E-state index < -0.39 is 5.60 Å². The third kappa shape index (κ3) is 4.79. The van der Waals surface area contributed by atoms with Gasteiger partial charge < -0.3 is 10.4 Å². The van der Waals surface area contributed by atoms with E-state index in [9.17, 15) is 5.11 Å². The van der Waals surface area contributed by atoms with Crippen LogP contribution in [0.25, 0.3) is 0 Å². The van der Waals surface area contributed by atoms with Crippen LogP contribution < -0.4 is 5.32 Å². The first-order chi connectivity index (χ1) is 8.76. The van der Waals surface area contributed by atoms with Crippen molar-refractivity contribution < 1.29 is 5.11 Å². The molecule has 0 aromatic carbocycles. The Balaban J connectivity index is 2.71. The molecular weight excluding hydrogens is 262 g/mol. The summed E-state index contributed by atoms with van der Waals surface area (Å²) in [5, 5.41) is 18.9. The first kappa shape index (κ1) is 16.5. The van der Waals surface area contributed by atoms with E-state index in [2.05, 4.69) is 24.3 Å². The molecule has 2 N–H and O–H groups in total. The predicted octanol–water partition coefficient (Wildman–Crippen LogP) is 2.55. The Kier molecular flexibility index (Phi) is 5.83. The Bertz CT molecular complexity index is 413. The summed E-state index contributed by atoms with van der Waals surface area (Å²) >= 11 is 6.27. The zero-order valence-corrected chi connectivity index (χ0v) is 13.4. The van der Waals surface area contributed by atoms with Crippen molar-refractivity contribution in [1.29, 1.82) is 0 Å². The highest BCUT2D eigenvalue weighted by Gasteiger charge is 2.25. The highest BCUT2D eigenvalue weighted by atomic mass is 35.5. The van der Waals surface area contributed by atoms with Crippen LogP contribution in [-0.2, 0) is 13.0 Å². The molecule has 0 aliphatic carbocycles. The van der Waals surface area contributed by atoms with Gasteiger partial charge in [0.2, 0.25) is 0 Å². The third-order valence-electron chi connectivity index (χ3n) is 3.22. The summed E-state index contributed by atoms with van der Waals surface area (Å²) in [6, 6.07) is 0.433. The molecule has 1 atom stereocenters. The van der Waals surface area contributed by atoms with E-state index in [4.69, 9.17) is 11.6 Å². The molecule has 1 heterocycles. The number of aromatic nitrogens is 2. The molecule has 0 saturated heterocycles. The van der Waals surface area contributed by atoms with Crippen molar-refractivity contribution in [2.75, 3.05) is 6.54 Å². The van der Waals surface area contributed by atoms with Crippen LogP contribution in [0, 0.1) is 6.92 Å². The molecule has 1 unspecified atom stereocenters. The van der Waals surface area contributed by atoms with Gasteiger partial charge in [0.15, 0.2) is 0 Å². The van der Waals surface area contributed by atoms with Crippen molar-refractivity contribution in [2.45, 2.75) is 65.6 Å². The standard InChI is InChI=1S/C14H26ClN3O/c1-6-18-12(13(15)11(4)17-18)9-14(5,19)7-8-16-10(2)3/h10,16,19H,6-9H2,1-5H3. The van der Waals surface area contributed by atoms with Crippen molar-refractivity contribution in [3.8, 4) is 0 Å². The first-order valence-electron chi connectivity index (χ1n) is 6.94. The van der Waals surface area contributed by atoms with Gasteiger partial charge in [0.1, 0.15) is 0 Å². The molecule has 4 nitrogen and oxygen atoms in total. The van der Waals surface area contributed by atoms with Gasteiger partial charge in [-0.1, -0.05) is 25.4 Å². The van der Waals surface area contributed by atoms with E-state index in [1.54, 1.807) is 0 Å². The number of nitrogens with one attached hydrogen (secondary N) is 1. The number of halogens is 1. The Morgan fingerprint density at radius 3 is 2.63 bits per heavy atom. The van der Waals surface area contributed by atoms with Gasteiger partial charge in [-0.15, -0.1) is 0 Å². The number of aliphatic hydroxyl groups is 1. The first-order valence-corrected chi connectivity index (χ1v) is 7.32. The summed E-state index contributed by atoms with van der Waals surface area (Å²) < 4.78 is 1.88. The van der Waals surface area contributed by atoms with Crippen molar-refractivity contribution in [1.82, 2.24) is 15.1 Å². The fourth-order valence-corrected chi connectivity index (χ4v) is 2.32. The highest BCUT2D eigenvalue weighted by Crippen LogP contribution is 2.25. The molecular formula is C14H26ClN3O. The maximum Gasteiger partial charge on any atom is 0.0848 e. The molecule has 0 fully saturated rings. The van der Waals surface area contributed by atoms with Gasteiger partial charge in [-0.2, -0.15) is 5.10 Å². The number of nitrogens with zero attached hydrogens (tertiary/aromatic N) is 2. The lowest BCUT2D eigenvalue weighted by atomic mass is 9.95. The van der Waals surface area contributed by atoms with Crippen LogP contribution in [0.4, 0.5) is 0 Å². The van der Waals surface area contributed by atoms with Crippen LogP contribution in [0.2, 0.25) is 5.02 Å². The topological polar surface area (TPSA) is 50.1 Å². The number of rotatable bonds is 7. The van der Waals surface area contributed by atoms with E-state index in [0.717, 1.165) is 24.5 Å². The lowest BCUT2D eigenvalue weighted by Crippen LogP contribution is -2.35. The van der Waals surface area contributed by atoms with Crippen LogP contribution >= 0.6 is 11.6 Å². The molecule has 1 aromatic rings. The Morgan fingerprint density at radius 1 is 1.47 bits per heavy atom. The van der Waals surface area contributed by atoms with Gasteiger partial charge in [-0.3, -0.25) is 4.68 Å². The van der Waals surface area contributed by atoms with Crippen molar-refractivity contribution in [3.05, 3.63) is 16.4 Å². The fraction of sp³-hybridized carbons (Fsp3) is 0.786. The van der Waals surface area contributed by atoms with Crippen molar-refractivity contribution in [2.24, 2.45) is 0 Å². The summed E-state index contributed by atoms with van der Waals surface area (Å²) in [4.78, 5) is 0. The van der Waals surface area contributed by atoms with Crippen LogP contribution in [0.15, 0.2) is 0 Å². The Labute approximate surface area is 121 Å². The number of hydrogen-bond acceptors (Lipinski definition) is 3. The second kappa shape index (κ2) is 6.73. The summed E-state index contributed by atoms with van der Waals surface area (Å²) in [5.41, 5.74) is 0.983. The van der Waals surface area contributed by atoms with Gasteiger partial charge in [0, 0.05) is 19.0 Å². The zero-order chi connectivity index (χ0) is 14.6. The van der Waals surface area contributed by atoms with Gasteiger partial charge in [0.05, 0.1) is 22.0 Å². The fourth-order valence-electron chi connectivity index (χ4n) is 2.12. The molecule has 5 heteroatoms. The number of hydrogen-bond donors (Lipinski definition) is 2. The van der Waals surface area contributed by atoms with Crippen LogP contribution in [0.3, 0.4) is 0 Å². The van der Waals surface area contributed by atoms with Gasteiger partial charge in [-0.05, 0) is 33.7 Å². The maximum atomic E-state index is 10.5. The van der Waals surface area contributed by atoms with Gasteiger partial charge in [0.25, 0.3) is 0 Å². The molecule has 0 amide bonds. The third-order valence-corrected chi connectivity index (χ3v) is 3.71. The largest absolute Gasteiger partial charge is 0.390 e. The highest BCUT2D eigenvalue weighted by molar-refractivity contribution is 6.31. The number of aryl methyl sites for hydroxylation is 2. The quantitative estimate of drug-likeness (QED) is 0.810. The molecule has 0 bridgehead atoms. The summed E-state index contributed by atoms with van der Waals surface area (Å²) in [5.74, 6) is 0. The predicted molar refractivity (Wildman–Crippen MR) is 79.7 cm³/mol. The Hall–Kier alpha value is -0.580. The zero-order valence-electron chi connectivity index (χ0n) is 12.6. The monoisotopic (exact) mass is 287 g/mol. The van der Waals surface area contributed by atoms with E-state index in [-0.39, 0.29) is 0 Å². The molecule has 0 aliphatic rings. The SMILES string of the molecule is CCn1nc(C)c(Cl)c1CC(C)(O)CCNC(C)C. The van der Waals surface area contributed by atoms with E-state index in [0.29, 0.717) is 23.9 Å². The maximum absolute atomic E-state index is 10.5. The van der Waals surface area contributed by atoms with E-state index in [1.165, 1.54) is 0 Å². The molecule has 0 radical (unpaired) electrons. The normalized spacial score (nSPS) is 14.9. The minimum Gasteiger partial charge on any atom is -0.390 e. The van der Waals surface area contributed by atoms with Gasteiger partial charge >= 0.3 is 0 Å². The molecule has 1 aromatic heterocycles. The lowest BCUT2D eigenvalue weighted by Gasteiger charge is -2.24. The van der Waals surface area contributed by atoms with E-state index in [1.807, 2.05) is 25.5 Å². The molecule has 110 valence electrons. The summed E-state index contributed by atoms with van der Waals surface area (Å²) in [6.07, 6.45) is 1.22.